The van der Waals surface area contributed by atoms with Gasteiger partial charge in [-0.15, -0.1) is 0 Å². The van der Waals surface area contributed by atoms with Crippen LogP contribution in [0.2, 0.25) is 0 Å². The highest BCUT2D eigenvalue weighted by Crippen LogP contribution is 2.32. The standard InChI is InChI=1S/C13H18Br2/c1-13(2,3)11(9-14)8-10-6-4-5-7-12(10)15/h4-7,11H,8-9H2,1-3H3. The summed E-state index contributed by atoms with van der Waals surface area (Å²) in [5.41, 5.74) is 1.75. The third kappa shape index (κ3) is 3.92. The predicted molar refractivity (Wildman–Crippen MR) is 74.6 cm³/mol. The minimum Gasteiger partial charge on any atom is -0.0925 e. The first-order valence-corrected chi connectivity index (χ1v) is 7.16. The topological polar surface area (TPSA) is 0 Å². The molecule has 0 aliphatic carbocycles. The summed E-state index contributed by atoms with van der Waals surface area (Å²) in [6.07, 6.45) is 1.12. The first-order valence-electron chi connectivity index (χ1n) is 5.24. The van der Waals surface area contributed by atoms with E-state index in [0.29, 0.717) is 11.3 Å². The van der Waals surface area contributed by atoms with Crippen LogP contribution in [0, 0.1) is 11.3 Å². The number of hydrogen-bond donors (Lipinski definition) is 0. The molecule has 2 heteroatoms. The Kier molecular flexibility index (Phi) is 4.85. The van der Waals surface area contributed by atoms with Gasteiger partial charge in [-0.3, -0.25) is 0 Å². The molecule has 1 aromatic rings. The Morgan fingerprint density at radius 1 is 1.20 bits per heavy atom. The van der Waals surface area contributed by atoms with Crippen molar-refractivity contribution >= 4 is 31.9 Å². The second kappa shape index (κ2) is 5.49. The van der Waals surface area contributed by atoms with Gasteiger partial charge < -0.3 is 0 Å². The monoisotopic (exact) mass is 332 g/mol. The van der Waals surface area contributed by atoms with Gasteiger partial charge in [0, 0.05) is 9.80 Å². The molecule has 1 rings (SSSR count). The molecule has 0 spiro atoms. The second-order valence-corrected chi connectivity index (χ2v) is 6.51. The van der Waals surface area contributed by atoms with E-state index in [-0.39, 0.29) is 0 Å². The Balaban J connectivity index is 2.80. The Labute approximate surface area is 110 Å². The quantitative estimate of drug-likeness (QED) is 0.679. The van der Waals surface area contributed by atoms with Gasteiger partial charge in [-0.05, 0) is 29.4 Å². The van der Waals surface area contributed by atoms with Crippen LogP contribution in [-0.4, -0.2) is 5.33 Å². The molecular formula is C13H18Br2. The Hall–Kier alpha value is 0.180. The molecule has 0 fully saturated rings. The normalized spacial score (nSPS) is 13.9. The molecule has 0 aromatic heterocycles. The first-order chi connectivity index (χ1) is 6.95. The summed E-state index contributed by atoms with van der Waals surface area (Å²) in [5.74, 6) is 0.663. The van der Waals surface area contributed by atoms with Gasteiger partial charge in [0.15, 0.2) is 0 Å². The van der Waals surface area contributed by atoms with Gasteiger partial charge in [0.25, 0.3) is 0 Å². The van der Waals surface area contributed by atoms with Crippen molar-refractivity contribution in [2.75, 3.05) is 5.33 Å². The van der Waals surface area contributed by atoms with Crippen molar-refractivity contribution in [3.05, 3.63) is 34.3 Å². The smallest absolute Gasteiger partial charge is 0.0207 e. The van der Waals surface area contributed by atoms with Crippen LogP contribution in [-0.2, 0) is 6.42 Å². The van der Waals surface area contributed by atoms with Gasteiger partial charge in [0.2, 0.25) is 0 Å². The number of rotatable bonds is 3. The van der Waals surface area contributed by atoms with Crippen molar-refractivity contribution in [2.45, 2.75) is 27.2 Å². The van der Waals surface area contributed by atoms with Crippen LogP contribution in [0.15, 0.2) is 28.7 Å². The van der Waals surface area contributed by atoms with Gasteiger partial charge in [-0.1, -0.05) is 70.8 Å². The molecule has 0 aliphatic heterocycles. The van der Waals surface area contributed by atoms with Crippen molar-refractivity contribution in [3.8, 4) is 0 Å². The molecule has 0 saturated carbocycles. The summed E-state index contributed by atoms with van der Waals surface area (Å²) in [7, 11) is 0. The average Bonchev–Trinajstić information content (AvgIpc) is 2.14. The highest BCUT2D eigenvalue weighted by Gasteiger charge is 2.24. The van der Waals surface area contributed by atoms with Crippen LogP contribution in [0.5, 0.6) is 0 Å². The summed E-state index contributed by atoms with van der Waals surface area (Å²) in [4.78, 5) is 0. The first kappa shape index (κ1) is 13.2. The van der Waals surface area contributed by atoms with E-state index >= 15 is 0 Å². The van der Waals surface area contributed by atoms with E-state index in [9.17, 15) is 0 Å². The van der Waals surface area contributed by atoms with Crippen LogP contribution < -0.4 is 0 Å². The van der Waals surface area contributed by atoms with E-state index < -0.39 is 0 Å². The summed E-state index contributed by atoms with van der Waals surface area (Å²) in [6, 6.07) is 8.48. The third-order valence-electron chi connectivity index (χ3n) is 2.84. The zero-order chi connectivity index (χ0) is 11.5. The molecule has 0 bridgehead atoms. The van der Waals surface area contributed by atoms with E-state index in [0.717, 1.165) is 11.8 Å². The maximum Gasteiger partial charge on any atom is 0.0207 e. The minimum atomic E-state index is 0.346. The van der Waals surface area contributed by atoms with Crippen molar-refractivity contribution in [1.29, 1.82) is 0 Å². The number of benzene rings is 1. The highest BCUT2D eigenvalue weighted by molar-refractivity contribution is 9.10. The van der Waals surface area contributed by atoms with Crippen LogP contribution in [0.25, 0.3) is 0 Å². The Morgan fingerprint density at radius 2 is 1.80 bits per heavy atom. The lowest BCUT2D eigenvalue weighted by molar-refractivity contribution is 0.266. The fourth-order valence-electron chi connectivity index (χ4n) is 1.52. The Bertz CT molecular complexity index is 313. The molecular weight excluding hydrogens is 316 g/mol. The number of hydrogen-bond acceptors (Lipinski definition) is 0. The van der Waals surface area contributed by atoms with Crippen LogP contribution in [0.4, 0.5) is 0 Å². The highest BCUT2D eigenvalue weighted by atomic mass is 79.9. The molecule has 1 unspecified atom stereocenters. The van der Waals surface area contributed by atoms with Crippen molar-refractivity contribution in [1.82, 2.24) is 0 Å². The summed E-state index contributed by atoms with van der Waals surface area (Å²) in [5, 5.41) is 1.05. The minimum absolute atomic E-state index is 0.346. The van der Waals surface area contributed by atoms with Gasteiger partial charge in [-0.2, -0.15) is 0 Å². The van der Waals surface area contributed by atoms with Crippen molar-refractivity contribution in [2.24, 2.45) is 11.3 Å². The predicted octanol–water partition coefficient (Wildman–Crippen LogP) is 5.05. The zero-order valence-electron chi connectivity index (χ0n) is 9.56. The molecule has 0 N–H and O–H groups in total. The fraction of sp³-hybridized carbons (Fsp3) is 0.538. The largest absolute Gasteiger partial charge is 0.0925 e. The number of alkyl halides is 1. The lowest BCUT2D eigenvalue weighted by Gasteiger charge is -2.29. The summed E-state index contributed by atoms with van der Waals surface area (Å²) in [6.45, 7) is 6.90. The maximum absolute atomic E-state index is 3.62. The molecule has 0 radical (unpaired) electrons. The van der Waals surface area contributed by atoms with E-state index in [2.05, 4.69) is 76.9 Å². The molecule has 84 valence electrons. The van der Waals surface area contributed by atoms with Gasteiger partial charge in [-0.25, -0.2) is 0 Å². The van der Waals surface area contributed by atoms with Crippen LogP contribution >= 0.6 is 31.9 Å². The molecule has 0 saturated heterocycles. The molecule has 0 amide bonds. The summed E-state index contributed by atoms with van der Waals surface area (Å²) >= 11 is 7.22. The number of halogens is 2. The van der Waals surface area contributed by atoms with E-state index in [1.165, 1.54) is 10.0 Å². The lowest BCUT2D eigenvalue weighted by Crippen LogP contribution is -2.24. The fourth-order valence-corrected chi connectivity index (χ4v) is 3.17. The molecule has 1 atom stereocenters. The second-order valence-electron chi connectivity index (χ2n) is 5.01. The average molecular weight is 334 g/mol. The Morgan fingerprint density at radius 3 is 2.27 bits per heavy atom. The van der Waals surface area contributed by atoms with E-state index in [1.807, 2.05) is 0 Å². The van der Waals surface area contributed by atoms with Crippen molar-refractivity contribution < 1.29 is 0 Å². The molecule has 0 heterocycles. The van der Waals surface area contributed by atoms with E-state index in [1.54, 1.807) is 0 Å². The van der Waals surface area contributed by atoms with Gasteiger partial charge in [0.05, 0.1) is 0 Å². The molecule has 1 aromatic carbocycles. The van der Waals surface area contributed by atoms with Gasteiger partial charge >= 0.3 is 0 Å². The lowest BCUT2D eigenvalue weighted by atomic mass is 9.78. The zero-order valence-corrected chi connectivity index (χ0v) is 12.7. The maximum atomic E-state index is 3.62. The van der Waals surface area contributed by atoms with Crippen LogP contribution in [0.1, 0.15) is 26.3 Å². The SMILES string of the molecule is CC(C)(C)C(CBr)Cc1ccccc1Br. The van der Waals surface area contributed by atoms with E-state index in [4.69, 9.17) is 0 Å². The van der Waals surface area contributed by atoms with Gasteiger partial charge in [0.1, 0.15) is 0 Å². The molecule has 15 heavy (non-hydrogen) atoms. The molecule has 0 nitrogen and oxygen atoms in total. The summed E-state index contributed by atoms with van der Waals surface area (Å²) < 4.78 is 1.22. The molecule has 0 aliphatic rings. The third-order valence-corrected chi connectivity index (χ3v) is 4.39. The van der Waals surface area contributed by atoms with Crippen molar-refractivity contribution in [3.63, 3.8) is 0 Å². The van der Waals surface area contributed by atoms with Crippen LogP contribution in [0.3, 0.4) is 0 Å².